The summed E-state index contributed by atoms with van der Waals surface area (Å²) in [6.45, 7) is 6.63. The molecule has 0 heterocycles. The van der Waals surface area contributed by atoms with Gasteiger partial charge in [-0.05, 0) is 60.2 Å². The Morgan fingerprint density at radius 2 is 1.64 bits per heavy atom. The second kappa shape index (κ2) is 15.5. The number of anilines is 1. The van der Waals surface area contributed by atoms with Crippen LogP contribution in [0.2, 0.25) is 5.02 Å². The minimum absolute atomic E-state index is 0.0579. The van der Waals surface area contributed by atoms with E-state index in [2.05, 4.69) is 21.2 Å². The fourth-order valence-electron chi connectivity index (χ4n) is 4.66. The van der Waals surface area contributed by atoms with E-state index < -0.39 is 16.1 Å². The Morgan fingerprint density at radius 3 is 2.29 bits per heavy atom. The summed E-state index contributed by atoms with van der Waals surface area (Å²) in [5, 5.41) is 3.49. The highest BCUT2D eigenvalue weighted by Crippen LogP contribution is 2.28. The largest absolute Gasteiger partial charge is 0.354 e. The first kappa shape index (κ1) is 33.6. The summed E-state index contributed by atoms with van der Waals surface area (Å²) in [6, 6.07) is 21.7. The van der Waals surface area contributed by atoms with Crippen molar-refractivity contribution < 1.29 is 18.0 Å². The SMILES string of the molecule is Cc1c(Cl)cccc1N(CCCC(=O)N(Cc1cccc(Br)c1)C(Cc1ccccc1)C(=O)NCC(C)C)S(C)(=O)=O. The van der Waals surface area contributed by atoms with E-state index >= 15 is 0 Å². The lowest BCUT2D eigenvalue weighted by Crippen LogP contribution is -2.51. The Kier molecular flexibility index (Phi) is 12.4. The van der Waals surface area contributed by atoms with Crippen molar-refractivity contribution in [1.29, 1.82) is 0 Å². The van der Waals surface area contributed by atoms with E-state index in [9.17, 15) is 18.0 Å². The monoisotopic (exact) mass is 675 g/mol. The average Bonchev–Trinajstić information content (AvgIpc) is 2.93. The number of nitrogens with zero attached hydrogens (tertiary/aromatic N) is 2. The molecule has 0 saturated carbocycles. The molecule has 10 heteroatoms. The normalized spacial score (nSPS) is 12.2. The Bertz CT molecular complexity index is 1470. The Labute approximate surface area is 263 Å². The molecule has 0 aliphatic heterocycles. The fourth-order valence-corrected chi connectivity index (χ4v) is 6.29. The highest BCUT2D eigenvalue weighted by molar-refractivity contribution is 9.10. The number of benzene rings is 3. The molecule has 0 saturated heterocycles. The molecule has 7 nitrogen and oxygen atoms in total. The third kappa shape index (κ3) is 9.85. The second-order valence-electron chi connectivity index (χ2n) is 10.8. The molecule has 1 N–H and O–H groups in total. The summed E-state index contributed by atoms with van der Waals surface area (Å²) in [4.78, 5) is 29.2. The molecule has 1 unspecified atom stereocenters. The van der Waals surface area contributed by atoms with E-state index in [-0.39, 0.29) is 43.7 Å². The van der Waals surface area contributed by atoms with Gasteiger partial charge in [-0.15, -0.1) is 0 Å². The van der Waals surface area contributed by atoms with Gasteiger partial charge in [0.15, 0.2) is 0 Å². The summed E-state index contributed by atoms with van der Waals surface area (Å²) in [5.41, 5.74) is 2.95. The number of nitrogens with one attached hydrogen (secondary N) is 1. The van der Waals surface area contributed by atoms with Crippen molar-refractivity contribution in [2.75, 3.05) is 23.7 Å². The number of amides is 2. The maximum Gasteiger partial charge on any atom is 0.243 e. The molecule has 2 amide bonds. The van der Waals surface area contributed by atoms with Crippen molar-refractivity contribution in [3.8, 4) is 0 Å². The maximum atomic E-state index is 13.9. The number of hydrogen-bond acceptors (Lipinski definition) is 4. The molecule has 0 fully saturated rings. The van der Waals surface area contributed by atoms with Gasteiger partial charge in [0, 0.05) is 42.0 Å². The molecular weight excluding hydrogens is 638 g/mol. The molecule has 0 radical (unpaired) electrons. The summed E-state index contributed by atoms with van der Waals surface area (Å²) in [6.07, 6.45) is 1.81. The van der Waals surface area contributed by atoms with Crippen molar-refractivity contribution in [3.05, 3.63) is 99.0 Å². The second-order valence-corrected chi connectivity index (χ2v) is 14.0. The summed E-state index contributed by atoms with van der Waals surface area (Å²) < 4.78 is 27.6. The molecule has 0 spiro atoms. The summed E-state index contributed by atoms with van der Waals surface area (Å²) in [7, 11) is -3.63. The van der Waals surface area contributed by atoms with E-state index in [0.29, 0.717) is 29.2 Å². The van der Waals surface area contributed by atoms with E-state index in [4.69, 9.17) is 11.6 Å². The molecule has 1 atom stereocenters. The van der Waals surface area contributed by atoms with Gasteiger partial charge in [0.2, 0.25) is 21.8 Å². The van der Waals surface area contributed by atoms with Crippen LogP contribution in [0, 0.1) is 12.8 Å². The number of hydrogen-bond donors (Lipinski definition) is 1. The lowest BCUT2D eigenvalue weighted by atomic mass is 10.0. The van der Waals surface area contributed by atoms with Crippen LogP contribution in [0.1, 0.15) is 43.4 Å². The predicted octanol–water partition coefficient (Wildman–Crippen LogP) is 6.37. The molecule has 3 aromatic carbocycles. The first-order valence-corrected chi connectivity index (χ1v) is 17.0. The van der Waals surface area contributed by atoms with Crippen LogP contribution in [0.3, 0.4) is 0 Å². The van der Waals surface area contributed by atoms with E-state index in [1.165, 1.54) is 4.31 Å². The number of sulfonamides is 1. The van der Waals surface area contributed by atoms with Gasteiger partial charge < -0.3 is 10.2 Å². The van der Waals surface area contributed by atoms with Gasteiger partial charge in [0.1, 0.15) is 6.04 Å². The van der Waals surface area contributed by atoms with Gasteiger partial charge in [-0.25, -0.2) is 8.42 Å². The zero-order valence-electron chi connectivity index (χ0n) is 24.5. The number of halogens is 2. The van der Waals surface area contributed by atoms with Crippen LogP contribution < -0.4 is 9.62 Å². The molecule has 0 bridgehead atoms. The zero-order valence-corrected chi connectivity index (χ0v) is 27.7. The van der Waals surface area contributed by atoms with Crippen molar-refractivity contribution >= 4 is 55.1 Å². The molecule has 0 aliphatic rings. The lowest BCUT2D eigenvalue weighted by Gasteiger charge is -2.32. The molecule has 226 valence electrons. The predicted molar refractivity (Wildman–Crippen MR) is 174 cm³/mol. The van der Waals surface area contributed by atoms with E-state index in [1.807, 2.05) is 68.4 Å². The lowest BCUT2D eigenvalue weighted by molar-refractivity contribution is -0.141. The highest BCUT2D eigenvalue weighted by Gasteiger charge is 2.31. The van der Waals surface area contributed by atoms with Crippen molar-refractivity contribution in [3.63, 3.8) is 0 Å². The minimum Gasteiger partial charge on any atom is -0.354 e. The van der Waals surface area contributed by atoms with Crippen LogP contribution in [0.5, 0.6) is 0 Å². The molecule has 0 aromatic heterocycles. The van der Waals surface area contributed by atoms with Crippen LogP contribution in [-0.4, -0.2) is 50.5 Å². The first-order valence-electron chi connectivity index (χ1n) is 13.9. The first-order chi connectivity index (χ1) is 19.9. The van der Waals surface area contributed by atoms with Crippen LogP contribution in [0.15, 0.2) is 77.3 Å². The van der Waals surface area contributed by atoms with E-state index in [1.54, 1.807) is 30.0 Å². The van der Waals surface area contributed by atoms with Gasteiger partial charge in [-0.1, -0.05) is 89.9 Å². The third-order valence-corrected chi connectivity index (χ3v) is 8.94. The zero-order chi connectivity index (χ0) is 30.9. The summed E-state index contributed by atoms with van der Waals surface area (Å²) >= 11 is 9.78. The Hall–Kier alpha value is -2.88. The summed E-state index contributed by atoms with van der Waals surface area (Å²) in [5.74, 6) is -0.201. The van der Waals surface area contributed by atoms with Gasteiger partial charge in [-0.2, -0.15) is 0 Å². The van der Waals surface area contributed by atoms with Crippen LogP contribution in [-0.2, 0) is 32.6 Å². The van der Waals surface area contributed by atoms with Gasteiger partial charge in [-0.3, -0.25) is 13.9 Å². The van der Waals surface area contributed by atoms with Gasteiger partial charge in [0.05, 0.1) is 11.9 Å². The molecule has 42 heavy (non-hydrogen) atoms. The quantitative estimate of drug-likeness (QED) is 0.215. The Balaban J connectivity index is 1.90. The third-order valence-electron chi connectivity index (χ3n) is 6.86. The number of rotatable bonds is 14. The minimum atomic E-state index is -3.63. The van der Waals surface area contributed by atoms with Gasteiger partial charge in [0.25, 0.3) is 0 Å². The van der Waals surface area contributed by atoms with Crippen molar-refractivity contribution in [1.82, 2.24) is 10.2 Å². The van der Waals surface area contributed by atoms with Crippen LogP contribution >= 0.6 is 27.5 Å². The fraction of sp³-hybridized carbons (Fsp3) is 0.375. The Morgan fingerprint density at radius 1 is 0.976 bits per heavy atom. The van der Waals surface area contributed by atoms with Crippen LogP contribution in [0.25, 0.3) is 0 Å². The molecular formula is C32H39BrClN3O4S. The van der Waals surface area contributed by atoms with E-state index in [0.717, 1.165) is 21.9 Å². The number of carbonyl (C=O) groups is 2. The van der Waals surface area contributed by atoms with Crippen LogP contribution in [0.4, 0.5) is 5.69 Å². The van der Waals surface area contributed by atoms with Gasteiger partial charge >= 0.3 is 0 Å². The topological polar surface area (TPSA) is 86.8 Å². The maximum absolute atomic E-state index is 13.9. The van der Waals surface area contributed by atoms with Crippen molar-refractivity contribution in [2.45, 2.75) is 52.6 Å². The highest BCUT2D eigenvalue weighted by atomic mass is 79.9. The molecule has 3 aromatic rings. The molecule has 3 rings (SSSR count). The van der Waals surface area contributed by atoms with Crippen molar-refractivity contribution in [2.24, 2.45) is 5.92 Å². The average molecular weight is 677 g/mol. The standard InChI is InChI=1S/C32H39BrClN3O4S/c1-23(2)21-35-32(39)30(20-25-11-6-5-7-12-25)36(22-26-13-8-14-27(33)19-26)31(38)17-10-18-37(42(4,40)41)29-16-9-15-28(34)24(29)3/h5-9,11-16,19,23,30H,10,17-18,20-22H2,1-4H3,(H,35,39). The number of carbonyl (C=O) groups excluding carboxylic acids is 2. The molecule has 0 aliphatic carbocycles. The smallest absolute Gasteiger partial charge is 0.243 e.